The average Bonchev–Trinajstić information content (AvgIpc) is 3.30. The Morgan fingerprint density at radius 3 is 2.21 bits per heavy atom. The van der Waals surface area contributed by atoms with Gasteiger partial charge in [-0.1, -0.05) is 18.2 Å². The summed E-state index contributed by atoms with van der Waals surface area (Å²) >= 11 is 0. The van der Waals surface area contributed by atoms with Gasteiger partial charge in [-0.15, -0.1) is 0 Å². The fourth-order valence-electron chi connectivity index (χ4n) is 3.30. The van der Waals surface area contributed by atoms with Crippen LogP contribution < -0.4 is 0 Å². The quantitative estimate of drug-likeness (QED) is 0.474. The van der Waals surface area contributed by atoms with E-state index in [0.717, 1.165) is 34.5 Å². The molecule has 0 saturated heterocycles. The molecule has 2 aromatic carbocycles. The Morgan fingerprint density at radius 2 is 1.61 bits per heavy atom. The molecule has 142 valence electrons. The molecule has 4 nitrogen and oxygen atoms in total. The number of sulfone groups is 1. The van der Waals surface area contributed by atoms with E-state index in [1.165, 1.54) is 12.1 Å². The third-order valence-electron chi connectivity index (χ3n) is 4.68. The summed E-state index contributed by atoms with van der Waals surface area (Å²) in [6.45, 7) is 1.97. The summed E-state index contributed by atoms with van der Waals surface area (Å²) in [4.78, 5) is -0.296. The summed E-state index contributed by atoms with van der Waals surface area (Å²) in [5.41, 5.74) is 5.34. The van der Waals surface area contributed by atoms with Gasteiger partial charge in [0.15, 0.2) is 9.84 Å². The predicted octanol–water partition coefficient (Wildman–Crippen LogP) is 5.26. The van der Waals surface area contributed by atoms with Crippen molar-refractivity contribution in [1.29, 1.82) is 0 Å². The second kappa shape index (κ2) is 6.80. The first-order chi connectivity index (χ1) is 13.3. The Morgan fingerprint density at radius 1 is 0.893 bits per heavy atom. The van der Waals surface area contributed by atoms with E-state index in [9.17, 15) is 12.8 Å². The number of halogens is 1. The summed E-state index contributed by atoms with van der Waals surface area (Å²) in [7, 11) is -3.61. The van der Waals surface area contributed by atoms with E-state index >= 15 is 0 Å². The molecule has 2 heterocycles. The van der Waals surface area contributed by atoms with Crippen molar-refractivity contribution >= 4 is 9.84 Å². The number of aromatic nitrogens is 1. The number of hydrogen-bond donors (Lipinski definition) is 0. The molecule has 2 aromatic heterocycles. The number of aryl methyl sites for hydroxylation is 1. The smallest absolute Gasteiger partial charge is 0.178 e. The molecule has 0 N–H and O–H groups in total. The van der Waals surface area contributed by atoms with Crippen LogP contribution in [0, 0.1) is 12.7 Å². The standard InChI is InChI=1S/C22H18FNO3S/c1-15-3-9-21(17-6-10-22(20(23)13-17)28(2,25)26)24(15)19-7-4-16(5-8-19)18-11-12-27-14-18/h3-14H,1-2H3. The lowest BCUT2D eigenvalue weighted by Gasteiger charge is -2.13. The highest BCUT2D eigenvalue weighted by molar-refractivity contribution is 7.90. The van der Waals surface area contributed by atoms with E-state index in [2.05, 4.69) is 0 Å². The Balaban J connectivity index is 1.77. The van der Waals surface area contributed by atoms with Gasteiger partial charge < -0.3 is 8.98 Å². The number of hydrogen-bond acceptors (Lipinski definition) is 3. The van der Waals surface area contributed by atoms with Crippen LogP contribution in [0.2, 0.25) is 0 Å². The molecule has 4 rings (SSSR count). The molecule has 4 aromatic rings. The highest BCUT2D eigenvalue weighted by atomic mass is 32.2. The number of furan rings is 1. The minimum Gasteiger partial charge on any atom is -0.472 e. The largest absolute Gasteiger partial charge is 0.472 e. The van der Waals surface area contributed by atoms with Crippen molar-refractivity contribution in [3.8, 4) is 28.1 Å². The van der Waals surface area contributed by atoms with Gasteiger partial charge in [-0.2, -0.15) is 0 Å². The Bertz CT molecular complexity index is 1240. The van der Waals surface area contributed by atoms with Gasteiger partial charge in [-0.3, -0.25) is 0 Å². The van der Waals surface area contributed by atoms with Crippen LogP contribution in [0.1, 0.15) is 5.69 Å². The van der Waals surface area contributed by atoms with Crippen LogP contribution in [0.25, 0.3) is 28.1 Å². The molecule has 0 fully saturated rings. The Labute approximate surface area is 162 Å². The average molecular weight is 395 g/mol. The first-order valence-electron chi connectivity index (χ1n) is 8.66. The number of benzene rings is 2. The third kappa shape index (κ3) is 3.27. The normalized spacial score (nSPS) is 11.7. The molecular formula is C22H18FNO3S. The SMILES string of the molecule is Cc1ccc(-c2ccc(S(C)(=O)=O)c(F)c2)n1-c1ccc(-c2ccoc2)cc1. The van der Waals surface area contributed by atoms with Crippen LogP contribution in [0.15, 0.2) is 82.5 Å². The molecule has 0 unspecified atom stereocenters. The summed E-state index contributed by atoms with van der Waals surface area (Å²) in [6, 6.07) is 17.9. The van der Waals surface area contributed by atoms with E-state index in [1.54, 1.807) is 18.6 Å². The molecule has 0 spiro atoms. The monoisotopic (exact) mass is 395 g/mol. The van der Waals surface area contributed by atoms with Gasteiger partial charge in [0.25, 0.3) is 0 Å². The molecule has 0 atom stereocenters. The number of rotatable bonds is 4. The van der Waals surface area contributed by atoms with Crippen molar-refractivity contribution in [2.75, 3.05) is 6.26 Å². The van der Waals surface area contributed by atoms with Gasteiger partial charge in [0.2, 0.25) is 0 Å². The molecule has 0 amide bonds. The second-order valence-electron chi connectivity index (χ2n) is 6.67. The summed E-state index contributed by atoms with van der Waals surface area (Å²) in [5, 5.41) is 0. The summed E-state index contributed by atoms with van der Waals surface area (Å²) in [6.07, 6.45) is 4.32. The highest BCUT2D eigenvalue weighted by Gasteiger charge is 2.16. The van der Waals surface area contributed by atoms with Gasteiger partial charge in [0, 0.05) is 28.8 Å². The highest BCUT2D eigenvalue weighted by Crippen LogP contribution is 2.30. The van der Waals surface area contributed by atoms with Gasteiger partial charge in [-0.25, -0.2) is 12.8 Å². The van der Waals surface area contributed by atoms with Gasteiger partial charge >= 0.3 is 0 Å². The molecule has 0 radical (unpaired) electrons. The molecule has 0 aliphatic carbocycles. The summed E-state index contributed by atoms with van der Waals surface area (Å²) in [5.74, 6) is -0.749. The third-order valence-corrected chi connectivity index (χ3v) is 5.81. The van der Waals surface area contributed by atoms with E-state index in [4.69, 9.17) is 4.42 Å². The summed E-state index contributed by atoms with van der Waals surface area (Å²) < 4.78 is 44.9. The van der Waals surface area contributed by atoms with Crippen LogP contribution in [0.4, 0.5) is 4.39 Å². The van der Waals surface area contributed by atoms with Crippen molar-refractivity contribution in [3.05, 3.63) is 84.7 Å². The fraction of sp³-hybridized carbons (Fsp3) is 0.0909. The van der Waals surface area contributed by atoms with Gasteiger partial charge in [0.05, 0.1) is 18.2 Å². The first-order valence-corrected chi connectivity index (χ1v) is 10.5. The first kappa shape index (κ1) is 18.3. The lowest BCUT2D eigenvalue weighted by atomic mass is 10.1. The Hall–Kier alpha value is -3.12. The lowest BCUT2D eigenvalue weighted by Crippen LogP contribution is -2.02. The maximum absolute atomic E-state index is 14.4. The van der Waals surface area contributed by atoms with Crippen LogP contribution in [-0.4, -0.2) is 19.2 Å². The van der Waals surface area contributed by atoms with E-state index in [0.29, 0.717) is 5.56 Å². The molecule has 0 aliphatic rings. The van der Waals surface area contributed by atoms with Crippen molar-refractivity contribution in [1.82, 2.24) is 4.57 Å². The topological polar surface area (TPSA) is 52.2 Å². The fourth-order valence-corrected chi connectivity index (χ4v) is 4.03. The minimum atomic E-state index is -3.61. The molecule has 0 aliphatic heterocycles. The number of nitrogens with zero attached hydrogens (tertiary/aromatic N) is 1. The second-order valence-corrected chi connectivity index (χ2v) is 8.66. The van der Waals surface area contributed by atoms with Crippen LogP contribution in [0.5, 0.6) is 0 Å². The Kier molecular flexibility index (Phi) is 4.43. The van der Waals surface area contributed by atoms with Crippen molar-refractivity contribution in [2.24, 2.45) is 0 Å². The van der Waals surface area contributed by atoms with Crippen LogP contribution >= 0.6 is 0 Å². The zero-order valence-corrected chi connectivity index (χ0v) is 16.2. The molecule has 28 heavy (non-hydrogen) atoms. The van der Waals surface area contributed by atoms with Gasteiger partial charge in [-0.05, 0) is 55.0 Å². The minimum absolute atomic E-state index is 0.296. The predicted molar refractivity (Wildman–Crippen MR) is 107 cm³/mol. The maximum atomic E-state index is 14.4. The van der Waals surface area contributed by atoms with Crippen LogP contribution in [0.3, 0.4) is 0 Å². The zero-order valence-electron chi connectivity index (χ0n) is 15.4. The maximum Gasteiger partial charge on any atom is 0.178 e. The molecule has 6 heteroatoms. The van der Waals surface area contributed by atoms with Crippen molar-refractivity contribution < 1.29 is 17.2 Å². The van der Waals surface area contributed by atoms with E-state index < -0.39 is 15.7 Å². The van der Waals surface area contributed by atoms with Crippen LogP contribution in [-0.2, 0) is 9.84 Å². The van der Waals surface area contributed by atoms with E-state index in [1.807, 2.05) is 54.0 Å². The van der Waals surface area contributed by atoms with Crippen molar-refractivity contribution in [2.45, 2.75) is 11.8 Å². The molecule has 0 bridgehead atoms. The zero-order chi connectivity index (χ0) is 19.9. The van der Waals surface area contributed by atoms with Gasteiger partial charge in [0.1, 0.15) is 10.7 Å². The molecular weight excluding hydrogens is 377 g/mol. The lowest BCUT2D eigenvalue weighted by molar-refractivity contribution is 0.568. The van der Waals surface area contributed by atoms with Crippen molar-refractivity contribution in [3.63, 3.8) is 0 Å². The van der Waals surface area contributed by atoms with E-state index in [-0.39, 0.29) is 4.90 Å². The molecule has 0 saturated carbocycles.